The SMILES string of the molecule is CCc1cc(C)c(C(=O)OC)s1. The molecule has 0 spiro atoms. The van der Waals surface area contributed by atoms with Gasteiger partial charge in [-0.3, -0.25) is 0 Å². The molecule has 0 amide bonds. The molecule has 0 atom stereocenters. The Bertz CT molecular complexity index is 289. The molecule has 66 valence electrons. The summed E-state index contributed by atoms with van der Waals surface area (Å²) in [4.78, 5) is 13.1. The number of aryl methyl sites for hydroxylation is 2. The summed E-state index contributed by atoms with van der Waals surface area (Å²) in [5.41, 5.74) is 1.02. The summed E-state index contributed by atoms with van der Waals surface area (Å²) in [7, 11) is 1.41. The number of esters is 1. The van der Waals surface area contributed by atoms with Crippen LogP contribution in [0, 0.1) is 6.92 Å². The quantitative estimate of drug-likeness (QED) is 0.660. The summed E-state index contributed by atoms with van der Waals surface area (Å²) < 4.78 is 4.65. The molecule has 0 N–H and O–H groups in total. The van der Waals surface area contributed by atoms with Crippen LogP contribution in [0.1, 0.15) is 27.0 Å². The maximum Gasteiger partial charge on any atom is 0.348 e. The maximum absolute atomic E-state index is 11.2. The van der Waals surface area contributed by atoms with Crippen molar-refractivity contribution in [2.75, 3.05) is 7.11 Å². The number of hydrogen-bond donors (Lipinski definition) is 0. The van der Waals surface area contributed by atoms with Crippen molar-refractivity contribution in [3.8, 4) is 0 Å². The Balaban J connectivity index is 2.99. The Morgan fingerprint density at radius 3 is 2.75 bits per heavy atom. The third-order valence-electron chi connectivity index (χ3n) is 1.69. The molecular weight excluding hydrogens is 172 g/mol. The first-order valence-corrected chi connectivity index (χ1v) is 4.68. The first kappa shape index (κ1) is 9.26. The summed E-state index contributed by atoms with van der Waals surface area (Å²) in [5.74, 6) is -0.225. The molecule has 0 saturated heterocycles. The number of ether oxygens (including phenoxy) is 1. The summed E-state index contributed by atoms with van der Waals surface area (Å²) in [5, 5.41) is 0. The predicted molar refractivity (Wildman–Crippen MR) is 49.8 cm³/mol. The van der Waals surface area contributed by atoms with Crippen LogP contribution < -0.4 is 0 Å². The zero-order valence-electron chi connectivity index (χ0n) is 7.51. The van der Waals surface area contributed by atoms with Gasteiger partial charge in [0.2, 0.25) is 0 Å². The fourth-order valence-corrected chi connectivity index (χ4v) is 2.05. The van der Waals surface area contributed by atoms with Crippen LogP contribution in [0.5, 0.6) is 0 Å². The second kappa shape index (κ2) is 3.72. The number of carbonyl (C=O) groups excluding carboxylic acids is 1. The van der Waals surface area contributed by atoms with Crippen LogP contribution in [0.2, 0.25) is 0 Å². The molecule has 2 nitrogen and oxygen atoms in total. The summed E-state index contributed by atoms with van der Waals surface area (Å²) >= 11 is 1.52. The minimum atomic E-state index is -0.225. The lowest BCUT2D eigenvalue weighted by atomic mass is 10.2. The molecule has 0 aromatic carbocycles. The van der Waals surface area contributed by atoms with Gasteiger partial charge in [0.1, 0.15) is 4.88 Å². The van der Waals surface area contributed by atoms with E-state index in [1.807, 2.05) is 13.0 Å². The Kier molecular flexibility index (Phi) is 2.87. The zero-order valence-corrected chi connectivity index (χ0v) is 8.33. The van der Waals surface area contributed by atoms with Crippen molar-refractivity contribution in [3.63, 3.8) is 0 Å². The van der Waals surface area contributed by atoms with Crippen LogP contribution in [0.15, 0.2) is 6.07 Å². The molecule has 0 aliphatic carbocycles. The van der Waals surface area contributed by atoms with Crippen molar-refractivity contribution in [1.82, 2.24) is 0 Å². The molecule has 0 aliphatic heterocycles. The van der Waals surface area contributed by atoms with Gasteiger partial charge in [-0.1, -0.05) is 6.92 Å². The lowest BCUT2D eigenvalue weighted by Crippen LogP contribution is -1.99. The smallest absolute Gasteiger partial charge is 0.348 e. The Labute approximate surface area is 76.2 Å². The first-order chi connectivity index (χ1) is 5.69. The van der Waals surface area contributed by atoms with E-state index in [-0.39, 0.29) is 5.97 Å². The fourth-order valence-electron chi connectivity index (χ4n) is 1.02. The predicted octanol–water partition coefficient (Wildman–Crippen LogP) is 2.41. The Morgan fingerprint density at radius 2 is 2.33 bits per heavy atom. The van der Waals surface area contributed by atoms with Gasteiger partial charge < -0.3 is 4.74 Å². The number of carbonyl (C=O) groups is 1. The maximum atomic E-state index is 11.2. The van der Waals surface area contributed by atoms with E-state index in [2.05, 4.69) is 11.7 Å². The summed E-state index contributed by atoms with van der Waals surface area (Å²) in [6.45, 7) is 4.01. The minimum absolute atomic E-state index is 0.225. The van der Waals surface area contributed by atoms with Gasteiger partial charge >= 0.3 is 5.97 Å². The van der Waals surface area contributed by atoms with Gasteiger partial charge in [0.25, 0.3) is 0 Å². The van der Waals surface area contributed by atoms with E-state index < -0.39 is 0 Å². The van der Waals surface area contributed by atoms with Crippen LogP contribution in [0.25, 0.3) is 0 Å². The zero-order chi connectivity index (χ0) is 9.14. The highest BCUT2D eigenvalue weighted by molar-refractivity contribution is 7.14. The second-order valence-electron chi connectivity index (χ2n) is 2.57. The molecule has 0 saturated carbocycles. The standard InChI is InChI=1S/C9H12O2S/c1-4-7-5-6(2)8(12-7)9(10)11-3/h5H,4H2,1-3H3. The monoisotopic (exact) mass is 184 g/mol. The number of thiophene rings is 1. The van der Waals surface area contributed by atoms with E-state index in [0.29, 0.717) is 0 Å². The second-order valence-corrected chi connectivity index (χ2v) is 3.71. The van der Waals surface area contributed by atoms with Crippen LogP contribution in [-0.4, -0.2) is 13.1 Å². The van der Waals surface area contributed by atoms with Crippen molar-refractivity contribution in [2.45, 2.75) is 20.3 Å². The van der Waals surface area contributed by atoms with Crippen molar-refractivity contribution in [1.29, 1.82) is 0 Å². The Hall–Kier alpha value is -0.830. The highest BCUT2D eigenvalue weighted by atomic mass is 32.1. The van der Waals surface area contributed by atoms with Gasteiger partial charge in [0.15, 0.2) is 0 Å². The molecule has 1 heterocycles. The molecule has 3 heteroatoms. The van der Waals surface area contributed by atoms with E-state index in [0.717, 1.165) is 16.9 Å². The average molecular weight is 184 g/mol. The third-order valence-corrected chi connectivity index (χ3v) is 3.05. The van der Waals surface area contributed by atoms with Gasteiger partial charge in [-0.05, 0) is 25.0 Å². The van der Waals surface area contributed by atoms with E-state index in [1.165, 1.54) is 23.3 Å². The van der Waals surface area contributed by atoms with Crippen molar-refractivity contribution in [2.24, 2.45) is 0 Å². The first-order valence-electron chi connectivity index (χ1n) is 3.86. The molecule has 0 aliphatic rings. The van der Waals surface area contributed by atoms with Gasteiger partial charge in [0.05, 0.1) is 7.11 Å². The van der Waals surface area contributed by atoms with Gasteiger partial charge in [0, 0.05) is 4.88 Å². The van der Waals surface area contributed by atoms with Crippen LogP contribution in [-0.2, 0) is 11.2 Å². The lowest BCUT2D eigenvalue weighted by molar-refractivity contribution is 0.0605. The summed E-state index contributed by atoms with van der Waals surface area (Å²) in [6, 6.07) is 2.04. The molecule has 12 heavy (non-hydrogen) atoms. The van der Waals surface area contributed by atoms with Gasteiger partial charge in [-0.25, -0.2) is 4.79 Å². The Morgan fingerprint density at radius 1 is 1.67 bits per heavy atom. The lowest BCUT2D eigenvalue weighted by Gasteiger charge is -1.94. The van der Waals surface area contributed by atoms with Crippen LogP contribution >= 0.6 is 11.3 Å². The van der Waals surface area contributed by atoms with Gasteiger partial charge in [-0.2, -0.15) is 0 Å². The van der Waals surface area contributed by atoms with Gasteiger partial charge in [-0.15, -0.1) is 11.3 Å². The van der Waals surface area contributed by atoms with E-state index >= 15 is 0 Å². The molecule has 0 bridgehead atoms. The van der Waals surface area contributed by atoms with E-state index in [9.17, 15) is 4.79 Å². The molecule has 1 rings (SSSR count). The van der Waals surface area contributed by atoms with Crippen molar-refractivity contribution < 1.29 is 9.53 Å². The van der Waals surface area contributed by atoms with E-state index in [1.54, 1.807) is 0 Å². The highest BCUT2D eigenvalue weighted by Crippen LogP contribution is 2.22. The topological polar surface area (TPSA) is 26.3 Å². The highest BCUT2D eigenvalue weighted by Gasteiger charge is 2.12. The van der Waals surface area contributed by atoms with E-state index in [4.69, 9.17) is 0 Å². The number of methoxy groups -OCH3 is 1. The van der Waals surface area contributed by atoms with Crippen LogP contribution in [0.4, 0.5) is 0 Å². The third kappa shape index (κ3) is 1.67. The van der Waals surface area contributed by atoms with Crippen molar-refractivity contribution >= 4 is 17.3 Å². The molecule has 1 aromatic heterocycles. The van der Waals surface area contributed by atoms with Crippen molar-refractivity contribution in [3.05, 3.63) is 21.4 Å². The normalized spacial score (nSPS) is 9.92. The largest absolute Gasteiger partial charge is 0.465 e. The van der Waals surface area contributed by atoms with Crippen LogP contribution in [0.3, 0.4) is 0 Å². The molecular formula is C9H12O2S. The molecule has 0 radical (unpaired) electrons. The number of rotatable bonds is 2. The molecule has 1 aromatic rings. The minimum Gasteiger partial charge on any atom is -0.465 e. The average Bonchev–Trinajstić information content (AvgIpc) is 2.45. The fraction of sp³-hybridized carbons (Fsp3) is 0.444. The molecule has 0 unspecified atom stereocenters. The number of hydrogen-bond acceptors (Lipinski definition) is 3. The summed E-state index contributed by atoms with van der Waals surface area (Å²) in [6.07, 6.45) is 0.975. The molecule has 0 fully saturated rings.